The summed E-state index contributed by atoms with van der Waals surface area (Å²) >= 11 is 16.7. The maximum Gasteiger partial charge on any atom is 0.0945 e. The van der Waals surface area contributed by atoms with Gasteiger partial charge in [0.25, 0.3) is 0 Å². The van der Waals surface area contributed by atoms with Crippen molar-refractivity contribution in [3.8, 4) is 0 Å². The zero-order valence-corrected chi connectivity index (χ0v) is 16.9. The van der Waals surface area contributed by atoms with Crippen molar-refractivity contribution in [3.63, 3.8) is 0 Å². The molecule has 1 aromatic heterocycles. The van der Waals surface area contributed by atoms with E-state index in [2.05, 4.69) is 46.1 Å². The molecule has 1 aliphatic heterocycles. The second-order valence-corrected chi connectivity index (χ2v) is 10.3. The Hall–Kier alpha value is -0.290. The lowest BCUT2D eigenvalue weighted by molar-refractivity contribution is 0.574. The number of rotatable bonds is 7. The molecule has 0 amide bonds. The molecule has 24 heavy (non-hydrogen) atoms. The van der Waals surface area contributed by atoms with Gasteiger partial charge in [0.05, 0.1) is 10.4 Å². The van der Waals surface area contributed by atoms with E-state index in [0.29, 0.717) is 5.02 Å². The van der Waals surface area contributed by atoms with Crippen LogP contribution in [0.3, 0.4) is 0 Å². The van der Waals surface area contributed by atoms with Crippen LogP contribution >= 0.6 is 46.7 Å². The van der Waals surface area contributed by atoms with E-state index in [1.807, 2.05) is 30.9 Å². The molecule has 2 unspecified atom stereocenters. The molecule has 1 fully saturated rings. The first-order valence-electron chi connectivity index (χ1n) is 8.32. The van der Waals surface area contributed by atoms with Crippen LogP contribution in [-0.4, -0.2) is 24.6 Å². The summed E-state index contributed by atoms with van der Waals surface area (Å²) in [5.41, 5.74) is 1.20. The van der Waals surface area contributed by atoms with E-state index >= 15 is 0 Å². The van der Waals surface area contributed by atoms with Gasteiger partial charge in [-0.1, -0.05) is 36.2 Å². The van der Waals surface area contributed by atoms with Crippen LogP contribution in [0.4, 0.5) is 0 Å². The molecule has 2 aromatic rings. The summed E-state index contributed by atoms with van der Waals surface area (Å²) in [6.45, 7) is 3.31. The van der Waals surface area contributed by atoms with E-state index in [1.54, 1.807) is 0 Å². The Morgan fingerprint density at radius 3 is 2.88 bits per heavy atom. The van der Waals surface area contributed by atoms with Gasteiger partial charge in [-0.25, -0.2) is 4.98 Å². The van der Waals surface area contributed by atoms with E-state index in [-0.39, 0.29) is 4.08 Å². The minimum absolute atomic E-state index is 0.272. The molecular weight excluding hydrogens is 379 g/mol. The number of hydrogen-bond donors (Lipinski definition) is 0. The number of aromatic nitrogens is 2. The third-order valence-electron chi connectivity index (χ3n) is 4.47. The standard InChI is InChI=1S/C18H22Cl2N2S2/c1-2-16-12-23-18(24-16,7-9-22-10-8-21-13-22)6-5-14-3-4-15(19)11-17(14)20/h3-4,8,10-11,13,16H,2,5-7,9,12H2,1H3. The van der Waals surface area contributed by atoms with Gasteiger partial charge in [-0.3, -0.25) is 0 Å². The number of imidazole rings is 1. The summed E-state index contributed by atoms with van der Waals surface area (Å²) in [6, 6.07) is 5.85. The maximum atomic E-state index is 6.36. The van der Waals surface area contributed by atoms with Crippen molar-refractivity contribution in [1.29, 1.82) is 0 Å². The van der Waals surface area contributed by atoms with Crippen LogP contribution in [0.2, 0.25) is 10.0 Å². The van der Waals surface area contributed by atoms with Gasteiger partial charge in [0, 0.05) is 40.0 Å². The highest BCUT2D eigenvalue weighted by atomic mass is 35.5. The molecule has 3 rings (SSSR count). The SMILES string of the molecule is CCC1CSC(CCc2ccc(Cl)cc2Cl)(CCn2ccnc2)S1. The van der Waals surface area contributed by atoms with Gasteiger partial charge in [-0.05, 0) is 43.4 Å². The first kappa shape index (κ1) is 18.5. The summed E-state index contributed by atoms with van der Waals surface area (Å²) in [4.78, 5) is 4.15. The number of thioether (sulfide) groups is 2. The van der Waals surface area contributed by atoms with Gasteiger partial charge >= 0.3 is 0 Å². The van der Waals surface area contributed by atoms with Gasteiger partial charge in [0.1, 0.15) is 0 Å². The second kappa shape index (κ2) is 8.39. The van der Waals surface area contributed by atoms with Crippen molar-refractivity contribution >= 4 is 46.7 Å². The Bertz CT molecular complexity index is 663. The summed E-state index contributed by atoms with van der Waals surface area (Å²) in [5.74, 6) is 1.25. The molecule has 1 aromatic carbocycles. The van der Waals surface area contributed by atoms with E-state index < -0.39 is 0 Å². The van der Waals surface area contributed by atoms with Gasteiger partial charge in [-0.2, -0.15) is 0 Å². The highest BCUT2D eigenvalue weighted by Gasteiger charge is 2.39. The molecule has 0 radical (unpaired) electrons. The average molecular weight is 401 g/mol. The van der Waals surface area contributed by atoms with Crippen molar-refractivity contribution in [2.24, 2.45) is 0 Å². The highest BCUT2D eigenvalue weighted by molar-refractivity contribution is 8.21. The molecule has 0 saturated carbocycles. The number of hydrogen-bond acceptors (Lipinski definition) is 3. The fourth-order valence-corrected chi connectivity index (χ4v) is 7.25. The quantitative estimate of drug-likeness (QED) is 0.553. The molecule has 2 atom stereocenters. The van der Waals surface area contributed by atoms with Gasteiger partial charge in [0.2, 0.25) is 0 Å². The minimum Gasteiger partial charge on any atom is -0.337 e. The molecule has 0 bridgehead atoms. The molecule has 0 aliphatic carbocycles. The average Bonchev–Trinajstić information content (AvgIpc) is 3.22. The molecule has 1 aliphatic rings. The van der Waals surface area contributed by atoms with E-state index in [9.17, 15) is 0 Å². The summed E-state index contributed by atoms with van der Waals surface area (Å²) in [5, 5.41) is 2.25. The summed E-state index contributed by atoms with van der Waals surface area (Å²) in [6.07, 6.45) is 10.3. The zero-order chi connectivity index (χ0) is 17.0. The topological polar surface area (TPSA) is 17.8 Å². The van der Waals surface area contributed by atoms with E-state index in [0.717, 1.165) is 36.1 Å². The fourth-order valence-electron chi connectivity index (χ4n) is 2.97. The predicted molar refractivity (Wildman–Crippen MR) is 108 cm³/mol. The Balaban J connectivity index is 1.67. The van der Waals surface area contributed by atoms with Gasteiger partial charge in [-0.15, -0.1) is 23.5 Å². The lowest BCUT2D eigenvalue weighted by Gasteiger charge is -2.28. The minimum atomic E-state index is 0.272. The predicted octanol–water partition coefficient (Wildman–Crippen LogP) is 6.17. The van der Waals surface area contributed by atoms with Crippen LogP contribution in [0.1, 0.15) is 31.7 Å². The van der Waals surface area contributed by atoms with Gasteiger partial charge in [0.15, 0.2) is 0 Å². The Morgan fingerprint density at radius 1 is 1.33 bits per heavy atom. The molecule has 1 saturated heterocycles. The molecule has 0 spiro atoms. The third-order valence-corrected chi connectivity index (χ3v) is 9.08. The lowest BCUT2D eigenvalue weighted by Crippen LogP contribution is -2.21. The maximum absolute atomic E-state index is 6.36. The van der Waals surface area contributed by atoms with Crippen molar-refractivity contribution in [1.82, 2.24) is 9.55 Å². The first-order chi connectivity index (χ1) is 11.6. The number of halogens is 2. The molecule has 2 nitrogen and oxygen atoms in total. The molecular formula is C18H22Cl2N2S2. The molecule has 0 N–H and O–H groups in total. The fraction of sp³-hybridized carbons (Fsp3) is 0.500. The molecule has 130 valence electrons. The Morgan fingerprint density at radius 2 is 2.21 bits per heavy atom. The first-order valence-corrected chi connectivity index (χ1v) is 10.9. The zero-order valence-electron chi connectivity index (χ0n) is 13.8. The van der Waals surface area contributed by atoms with Crippen molar-refractivity contribution in [2.45, 2.75) is 48.5 Å². The Kier molecular flexibility index (Phi) is 6.47. The van der Waals surface area contributed by atoms with Gasteiger partial charge < -0.3 is 4.57 Å². The number of nitrogens with zero attached hydrogens (tertiary/aromatic N) is 2. The van der Waals surface area contributed by atoms with E-state index in [1.165, 1.54) is 17.7 Å². The lowest BCUT2D eigenvalue weighted by atomic mass is 10.1. The molecule has 2 heterocycles. The number of aryl methyl sites for hydroxylation is 2. The van der Waals surface area contributed by atoms with Crippen LogP contribution < -0.4 is 0 Å². The van der Waals surface area contributed by atoms with Crippen LogP contribution in [0.25, 0.3) is 0 Å². The third kappa shape index (κ3) is 4.66. The van der Waals surface area contributed by atoms with Crippen molar-refractivity contribution in [2.75, 3.05) is 5.75 Å². The Labute approximate surface area is 162 Å². The smallest absolute Gasteiger partial charge is 0.0945 e. The van der Waals surface area contributed by atoms with Crippen LogP contribution in [0, 0.1) is 0 Å². The second-order valence-electron chi connectivity index (χ2n) is 6.16. The van der Waals surface area contributed by atoms with Crippen molar-refractivity contribution < 1.29 is 0 Å². The van der Waals surface area contributed by atoms with Crippen LogP contribution in [0.5, 0.6) is 0 Å². The summed E-state index contributed by atoms with van der Waals surface area (Å²) < 4.78 is 2.45. The number of benzene rings is 1. The van der Waals surface area contributed by atoms with Crippen LogP contribution in [0.15, 0.2) is 36.9 Å². The van der Waals surface area contributed by atoms with Crippen molar-refractivity contribution in [3.05, 3.63) is 52.5 Å². The normalized spacial score (nSPS) is 23.7. The van der Waals surface area contributed by atoms with Crippen LogP contribution in [-0.2, 0) is 13.0 Å². The highest BCUT2D eigenvalue weighted by Crippen LogP contribution is 2.54. The molecule has 6 heteroatoms. The van der Waals surface area contributed by atoms with E-state index in [4.69, 9.17) is 23.2 Å². The summed E-state index contributed by atoms with van der Waals surface area (Å²) in [7, 11) is 0. The largest absolute Gasteiger partial charge is 0.337 e. The monoisotopic (exact) mass is 400 g/mol.